The highest BCUT2D eigenvalue weighted by Crippen LogP contribution is 2.18. The zero-order valence-corrected chi connectivity index (χ0v) is 12.9. The number of nitro benzene ring substituents is 1. The van der Waals surface area contributed by atoms with E-state index in [4.69, 9.17) is 0 Å². The summed E-state index contributed by atoms with van der Waals surface area (Å²) in [4.78, 5) is 22.6. The lowest BCUT2D eigenvalue weighted by molar-refractivity contribution is -0.385. The second-order valence-corrected chi connectivity index (χ2v) is 5.09. The first-order valence-corrected chi connectivity index (χ1v) is 7.03. The first kappa shape index (κ1) is 16.2. The van der Waals surface area contributed by atoms with Gasteiger partial charge in [0.15, 0.2) is 0 Å². The van der Waals surface area contributed by atoms with Crippen LogP contribution in [0.1, 0.15) is 29.8 Å². The highest BCUT2D eigenvalue weighted by Gasteiger charge is 2.19. The van der Waals surface area contributed by atoms with Gasteiger partial charge >= 0.3 is 0 Å². The van der Waals surface area contributed by atoms with Gasteiger partial charge < -0.3 is 0 Å². The molecule has 1 amide bonds. The van der Waals surface area contributed by atoms with E-state index in [-0.39, 0.29) is 11.3 Å². The van der Waals surface area contributed by atoms with Crippen molar-refractivity contribution in [1.29, 1.82) is 0 Å². The van der Waals surface area contributed by atoms with Gasteiger partial charge in [-0.3, -0.25) is 25.8 Å². The van der Waals surface area contributed by atoms with E-state index >= 15 is 0 Å². The number of allylic oxidation sites excluding steroid dienone is 1. The number of nitrogens with one attached hydrogen (secondary N) is 2. The van der Waals surface area contributed by atoms with Gasteiger partial charge in [-0.25, -0.2) is 0 Å². The van der Waals surface area contributed by atoms with Gasteiger partial charge in [0, 0.05) is 6.07 Å². The average molecular weight is 311 g/mol. The molecular formula is C17H17N3O3. The molecule has 0 saturated heterocycles. The number of amides is 1. The Kier molecular flexibility index (Phi) is 5.09. The normalized spacial score (nSPS) is 9.83. The number of carbonyl (C=O) groups is 1. The molecule has 6 heteroatoms. The van der Waals surface area contributed by atoms with Crippen molar-refractivity contribution in [2.24, 2.45) is 0 Å². The van der Waals surface area contributed by atoms with Gasteiger partial charge in [0.25, 0.3) is 11.6 Å². The maximum atomic E-state index is 12.2. The summed E-state index contributed by atoms with van der Waals surface area (Å²) >= 11 is 0. The third-order valence-corrected chi connectivity index (χ3v) is 3.21. The molecule has 118 valence electrons. The Balaban J connectivity index is 2.18. The van der Waals surface area contributed by atoms with Gasteiger partial charge in [0.2, 0.25) is 0 Å². The second-order valence-electron chi connectivity index (χ2n) is 5.09. The van der Waals surface area contributed by atoms with Crippen LogP contribution in [-0.4, -0.2) is 10.8 Å². The van der Waals surface area contributed by atoms with Crippen molar-refractivity contribution in [1.82, 2.24) is 10.9 Å². The van der Waals surface area contributed by atoms with Gasteiger partial charge in [-0.1, -0.05) is 48.0 Å². The van der Waals surface area contributed by atoms with Crippen LogP contribution in [0.5, 0.6) is 0 Å². The minimum atomic E-state index is -0.575. The molecule has 0 spiro atoms. The summed E-state index contributed by atoms with van der Waals surface area (Å²) in [5.74, 6) is -0.563. The Labute approximate surface area is 134 Å². The number of nitrogens with zero attached hydrogens (tertiary/aromatic N) is 1. The third kappa shape index (κ3) is 3.94. The van der Waals surface area contributed by atoms with Gasteiger partial charge in [0.1, 0.15) is 5.56 Å². The van der Waals surface area contributed by atoms with Crippen LogP contribution in [-0.2, 0) is 0 Å². The van der Waals surface area contributed by atoms with E-state index in [1.807, 2.05) is 44.2 Å². The van der Waals surface area contributed by atoms with E-state index < -0.39 is 10.8 Å². The molecule has 23 heavy (non-hydrogen) atoms. The Morgan fingerprint density at radius 3 is 2.17 bits per heavy atom. The number of benzene rings is 2. The van der Waals surface area contributed by atoms with Gasteiger partial charge in [-0.15, -0.1) is 0 Å². The van der Waals surface area contributed by atoms with E-state index in [0.717, 1.165) is 16.8 Å². The molecule has 0 saturated carbocycles. The molecule has 2 N–H and O–H groups in total. The summed E-state index contributed by atoms with van der Waals surface area (Å²) in [5.41, 5.74) is 7.79. The molecule has 2 aromatic rings. The van der Waals surface area contributed by atoms with Crippen LogP contribution in [0.4, 0.5) is 5.69 Å². The molecular weight excluding hydrogens is 294 g/mol. The molecule has 0 radical (unpaired) electrons. The van der Waals surface area contributed by atoms with Crippen molar-refractivity contribution in [2.45, 2.75) is 13.8 Å². The monoisotopic (exact) mass is 311 g/mol. The number of hydrogen-bond donors (Lipinski definition) is 2. The predicted octanol–water partition coefficient (Wildman–Crippen LogP) is 3.28. The van der Waals surface area contributed by atoms with Crippen molar-refractivity contribution in [3.05, 3.63) is 81.4 Å². The van der Waals surface area contributed by atoms with E-state index in [1.165, 1.54) is 18.2 Å². The molecule has 0 heterocycles. The highest BCUT2D eigenvalue weighted by atomic mass is 16.6. The zero-order valence-electron chi connectivity index (χ0n) is 12.9. The minimum absolute atomic E-state index is 0.00571. The summed E-state index contributed by atoms with van der Waals surface area (Å²) in [7, 11) is 0. The quantitative estimate of drug-likeness (QED) is 0.655. The van der Waals surface area contributed by atoms with Crippen molar-refractivity contribution >= 4 is 17.3 Å². The topological polar surface area (TPSA) is 84.3 Å². The first-order valence-electron chi connectivity index (χ1n) is 7.03. The zero-order chi connectivity index (χ0) is 16.8. The highest BCUT2D eigenvalue weighted by molar-refractivity contribution is 5.98. The SMILES string of the molecule is CC(C)=C(NNC(=O)c1ccccc1[N+](=O)[O-])c1ccccc1. The van der Waals surface area contributed by atoms with Gasteiger partial charge in [-0.05, 0) is 25.5 Å². The molecule has 0 unspecified atom stereocenters. The summed E-state index contributed by atoms with van der Waals surface area (Å²) in [6, 6.07) is 15.3. The van der Waals surface area contributed by atoms with Gasteiger partial charge in [0.05, 0.1) is 10.6 Å². The summed E-state index contributed by atoms with van der Waals surface area (Å²) in [6.07, 6.45) is 0. The minimum Gasteiger partial charge on any atom is -0.298 e. The summed E-state index contributed by atoms with van der Waals surface area (Å²) in [6.45, 7) is 3.82. The molecule has 0 aliphatic heterocycles. The molecule has 0 fully saturated rings. The second kappa shape index (κ2) is 7.22. The average Bonchev–Trinajstić information content (AvgIpc) is 2.55. The Bertz CT molecular complexity index is 751. The van der Waals surface area contributed by atoms with Crippen molar-refractivity contribution in [3.8, 4) is 0 Å². The Morgan fingerprint density at radius 1 is 0.957 bits per heavy atom. The fraction of sp³-hybridized carbons (Fsp3) is 0.118. The van der Waals surface area contributed by atoms with E-state index in [9.17, 15) is 14.9 Å². The number of para-hydroxylation sites is 1. The molecule has 0 aromatic heterocycles. The molecule has 2 rings (SSSR count). The number of hydrazine groups is 1. The Hall–Kier alpha value is -3.15. The molecule has 6 nitrogen and oxygen atoms in total. The number of rotatable bonds is 5. The van der Waals surface area contributed by atoms with Crippen LogP contribution < -0.4 is 10.9 Å². The van der Waals surface area contributed by atoms with Crippen molar-refractivity contribution in [3.63, 3.8) is 0 Å². The molecule has 0 atom stereocenters. The smallest absolute Gasteiger partial charge is 0.282 e. The molecule has 0 bridgehead atoms. The lowest BCUT2D eigenvalue weighted by Gasteiger charge is -2.14. The van der Waals surface area contributed by atoms with Crippen LogP contribution in [0.15, 0.2) is 60.2 Å². The maximum absolute atomic E-state index is 12.2. The van der Waals surface area contributed by atoms with Crippen LogP contribution in [0, 0.1) is 10.1 Å². The fourth-order valence-electron chi connectivity index (χ4n) is 2.10. The lowest BCUT2D eigenvalue weighted by Crippen LogP contribution is -2.36. The third-order valence-electron chi connectivity index (χ3n) is 3.21. The van der Waals surface area contributed by atoms with E-state index in [2.05, 4.69) is 10.9 Å². The van der Waals surface area contributed by atoms with Crippen molar-refractivity contribution in [2.75, 3.05) is 0 Å². The van der Waals surface area contributed by atoms with Crippen LogP contribution in [0.3, 0.4) is 0 Å². The van der Waals surface area contributed by atoms with Crippen LogP contribution in [0.25, 0.3) is 5.70 Å². The molecule has 0 aliphatic carbocycles. The number of hydrogen-bond acceptors (Lipinski definition) is 4. The fourth-order valence-corrected chi connectivity index (χ4v) is 2.10. The largest absolute Gasteiger partial charge is 0.298 e. The summed E-state index contributed by atoms with van der Waals surface area (Å²) < 4.78 is 0. The van der Waals surface area contributed by atoms with Crippen LogP contribution >= 0.6 is 0 Å². The van der Waals surface area contributed by atoms with E-state index in [0.29, 0.717) is 0 Å². The van der Waals surface area contributed by atoms with Crippen LogP contribution in [0.2, 0.25) is 0 Å². The summed E-state index contributed by atoms with van der Waals surface area (Å²) in [5, 5.41) is 11.0. The molecule has 0 aliphatic rings. The maximum Gasteiger partial charge on any atom is 0.282 e. The van der Waals surface area contributed by atoms with E-state index in [1.54, 1.807) is 6.07 Å². The lowest BCUT2D eigenvalue weighted by atomic mass is 10.1. The first-order chi connectivity index (χ1) is 11.0. The predicted molar refractivity (Wildman–Crippen MR) is 88.4 cm³/mol. The Morgan fingerprint density at radius 2 is 1.57 bits per heavy atom. The standard InChI is InChI=1S/C17H17N3O3/c1-12(2)16(13-8-4-3-5-9-13)18-19-17(21)14-10-6-7-11-15(14)20(22)23/h3-11,18H,1-2H3,(H,19,21). The molecule has 2 aromatic carbocycles. The number of carbonyl (C=O) groups excluding carboxylic acids is 1. The number of nitro groups is 1. The van der Waals surface area contributed by atoms with Crippen molar-refractivity contribution < 1.29 is 9.72 Å². The van der Waals surface area contributed by atoms with Gasteiger partial charge in [-0.2, -0.15) is 0 Å².